The van der Waals surface area contributed by atoms with E-state index in [0.717, 1.165) is 39.8 Å². The van der Waals surface area contributed by atoms with Crippen molar-refractivity contribution in [2.45, 2.75) is 39.7 Å². The number of carbonyl (C=O) groups is 1. The fourth-order valence-electron chi connectivity index (χ4n) is 3.29. The largest absolute Gasteiger partial charge is 0.492 e. The van der Waals surface area contributed by atoms with Gasteiger partial charge in [-0.25, -0.2) is 0 Å². The summed E-state index contributed by atoms with van der Waals surface area (Å²) >= 11 is 0. The van der Waals surface area contributed by atoms with Gasteiger partial charge in [0.25, 0.3) is 0 Å². The van der Waals surface area contributed by atoms with E-state index in [-0.39, 0.29) is 12.6 Å². The van der Waals surface area contributed by atoms with Crippen molar-refractivity contribution in [3.05, 3.63) is 34.6 Å². The molecule has 1 aliphatic carbocycles. The minimum absolute atomic E-state index is 0.261. The number of esters is 1. The van der Waals surface area contributed by atoms with Gasteiger partial charge in [0.15, 0.2) is 11.3 Å². The van der Waals surface area contributed by atoms with E-state index >= 15 is 0 Å². The average Bonchev–Trinajstić information content (AvgIpc) is 2.86. The summed E-state index contributed by atoms with van der Waals surface area (Å²) in [7, 11) is 1.66. The van der Waals surface area contributed by atoms with Crippen LogP contribution in [-0.4, -0.2) is 13.1 Å². The van der Waals surface area contributed by atoms with Gasteiger partial charge in [-0.15, -0.1) is 0 Å². The van der Waals surface area contributed by atoms with Gasteiger partial charge in [-0.05, 0) is 30.4 Å². The molecule has 0 spiro atoms. The van der Waals surface area contributed by atoms with Gasteiger partial charge < -0.3 is 13.9 Å². The Balaban J connectivity index is 2.34. The lowest BCUT2D eigenvalue weighted by molar-refractivity contribution is -0.142. The lowest BCUT2D eigenvalue weighted by Crippen LogP contribution is -2.10. The van der Waals surface area contributed by atoms with Crippen molar-refractivity contribution >= 4 is 23.0 Å². The molecule has 4 heteroatoms. The van der Waals surface area contributed by atoms with Crippen LogP contribution in [0.1, 0.15) is 48.4 Å². The molecule has 1 heterocycles. The molecule has 4 nitrogen and oxygen atoms in total. The number of hydrogen-bond acceptors (Lipinski definition) is 4. The molecule has 1 aromatic carbocycles. The lowest BCUT2D eigenvalue weighted by Gasteiger charge is -2.24. The number of allylic oxidation sites excluding steroid dienone is 1. The average molecular weight is 300 g/mol. The molecule has 3 rings (SSSR count). The Kier molecular flexibility index (Phi) is 3.69. The van der Waals surface area contributed by atoms with Gasteiger partial charge in [0.2, 0.25) is 0 Å². The molecular formula is C18H20O4. The molecule has 116 valence electrons. The zero-order valence-electron chi connectivity index (χ0n) is 13.4. The molecule has 1 unspecified atom stereocenters. The second-order valence-corrected chi connectivity index (χ2v) is 5.78. The van der Waals surface area contributed by atoms with Crippen LogP contribution in [-0.2, 0) is 16.1 Å². The third kappa shape index (κ3) is 2.19. The number of rotatable bonds is 3. The Morgan fingerprint density at radius 3 is 2.91 bits per heavy atom. The molecule has 1 aromatic heterocycles. The first-order valence-corrected chi connectivity index (χ1v) is 7.45. The van der Waals surface area contributed by atoms with Gasteiger partial charge >= 0.3 is 5.97 Å². The maximum Gasteiger partial charge on any atom is 0.302 e. The number of furan rings is 1. The lowest BCUT2D eigenvalue weighted by atomic mass is 9.82. The summed E-state index contributed by atoms with van der Waals surface area (Å²) in [5.74, 6) is 0.823. The Bertz CT molecular complexity index is 767. The van der Waals surface area contributed by atoms with Crippen molar-refractivity contribution < 1.29 is 18.7 Å². The third-order valence-electron chi connectivity index (χ3n) is 4.23. The van der Waals surface area contributed by atoms with E-state index in [1.807, 2.05) is 6.92 Å². The molecule has 22 heavy (non-hydrogen) atoms. The highest BCUT2D eigenvalue weighted by molar-refractivity contribution is 5.95. The van der Waals surface area contributed by atoms with Crippen LogP contribution in [0.15, 0.2) is 16.8 Å². The highest BCUT2D eigenvalue weighted by atomic mass is 16.5. The van der Waals surface area contributed by atoms with Crippen molar-refractivity contribution in [2.75, 3.05) is 7.11 Å². The van der Waals surface area contributed by atoms with E-state index in [2.05, 4.69) is 19.1 Å². The van der Waals surface area contributed by atoms with E-state index in [0.29, 0.717) is 5.92 Å². The van der Waals surface area contributed by atoms with Gasteiger partial charge in [0.05, 0.1) is 13.4 Å². The predicted molar refractivity (Wildman–Crippen MR) is 85.0 cm³/mol. The van der Waals surface area contributed by atoms with E-state index in [1.165, 1.54) is 12.5 Å². The highest BCUT2D eigenvalue weighted by Gasteiger charge is 2.27. The van der Waals surface area contributed by atoms with Crippen LogP contribution in [0.5, 0.6) is 5.75 Å². The predicted octanol–water partition coefficient (Wildman–Crippen LogP) is 4.33. The molecule has 0 fully saturated rings. The topological polar surface area (TPSA) is 48.7 Å². The van der Waals surface area contributed by atoms with Crippen LogP contribution in [0, 0.1) is 6.92 Å². The first-order valence-electron chi connectivity index (χ1n) is 7.45. The van der Waals surface area contributed by atoms with Crippen LogP contribution in [0.25, 0.3) is 17.0 Å². The summed E-state index contributed by atoms with van der Waals surface area (Å²) < 4.78 is 16.6. The number of fused-ring (bicyclic) bond motifs is 2. The van der Waals surface area contributed by atoms with E-state index < -0.39 is 0 Å². The van der Waals surface area contributed by atoms with E-state index in [9.17, 15) is 4.79 Å². The number of aryl methyl sites for hydroxylation is 1. The normalized spacial score (nSPS) is 16.6. The number of carbonyl (C=O) groups excluding carboxylic acids is 1. The van der Waals surface area contributed by atoms with Crippen LogP contribution in [0.2, 0.25) is 0 Å². The fourth-order valence-corrected chi connectivity index (χ4v) is 3.29. The fraction of sp³-hybridized carbons (Fsp3) is 0.389. The molecule has 0 bridgehead atoms. The number of benzene rings is 1. The second-order valence-electron chi connectivity index (χ2n) is 5.78. The van der Waals surface area contributed by atoms with Crippen LogP contribution in [0.3, 0.4) is 0 Å². The summed E-state index contributed by atoms with van der Waals surface area (Å²) in [6.45, 7) is 5.87. The Hall–Kier alpha value is -2.23. The van der Waals surface area contributed by atoms with Crippen molar-refractivity contribution in [1.29, 1.82) is 0 Å². The number of hydrogen-bond donors (Lipinski definition) is 0. The molecular weight excluding hydrogens is 280 g/mol. The van der Waals surface area contributed by atoms with Crippen molar-refractivity contribution in [3.63, 3.8) is 0 Å². The summed E-state index contributed by atoms with van der Waals surface area (Å²) in [6.07, 6.45) is 6.91. The van der Waals surface area contributed by atoms with Gasteiger partial charge in [-0.3, -0.25) is 4.79 Å². The molecule has 1 aliphatic rings. The minimum atomic E-state index is -0.280. The summed E-state index contributed by atoms with van der Waals surface area (Å²) in [6, 6.07) is 0. The highest BCUT2D eigenvalue weighted by Crippen LogP contribution is 2.45. The quantitative estimate of drug-likeness (QED) is 0.791. The SMILES string of the molecule is COc1c2c(c(COC(C)=O)c3c(C)coc13)C(C)CC=C2. The smallest absolute Gasteiger partial charge is 0.302 e. The molecule has 1 atom stereocenters. The Morgan fingerprint density at radius 2 is 2.23 bits per heavy atom. The maximum atomic E-state index is 11.3. The van der Waals surface area contributed by atoms with Gasteiger partial charge in [-0.1, -0.05) is 19.1 Å². The molecule has 0 amide bonds. The molecule has 0 aliphatic heterocycles. The molecule has 0 radical (unpaired) electrons. The monoisotopic (exact) mass is 300 g/mol. The zero-order chi connectivity index (χ0) is 15.9. The van der Waals surface area contributed by atoms with E-state index in [1.54, 1.807) is 13.4 Å². The van der Waals surface area contributed by atoms with Gasteiger partial charge in [0.1, 0.15) is 6.61 Å². The van der Waals surface area contributed by atoms with Crippen molar-refractivity contribution in [2.24, 2.45) is 0 Å². The van der Waals surface area contributed by atoms with E-state index in [4.69, 9.17) is 13.9 Å². The Labute approximate surface area is 129 Å². The number of ether oxygens (including phenoxy) is 2. The van der Waals surface area contributed by atoms with Crippen molar-refractivity contribution in [3.8, 4) is 5.75 Å². The third-order valence-corrected chi connectivity index (χ3v) is 4.23. The molecule has 0 N–H and O–H groups in total. The summed E-state index contributed by atoms with van der Waals surface area (Å²) in [5, 5.41) is 0.999. The summed E-state index contributed by atoms with van der Waals surface area (Å²) in [5.41, 5.74) is 5.01. The van der Waals surface area contributed by atoms with Crippen molar-refractivity contribution in [1.82, 2.24) is 0 Å². The van der Waals surface area contributed by atoms with Gasteiger partial charge in [0, 0.05) is 23.4 Å². The Morgan fingerprint density at radius 1 is 1.45 bits per heavy atom. The van der Waals surface area contributed by atoms with Gasteiger partial charge in [-0.2, -0.15) is 0 Å². The zero-order valence-corrected chi connectivity index (χ0v) is 13.4. The van der Waals surface area contributed by atoms with Crippen LogP contribution < -0.4 is 4.74 Å². The standard InChI is InChI=1S/C18H20O4/c1-10-6-5-7-13-15(10)14(9-21-12(3)19)16-11(2)8-22-18(16)17(13)20-4/h5,7-8,10H,6,9H2,1-4H3. The second kappa shape index (κ2) is 5.52. The number of methoxy groups -OCH3 is 1. The summed E-state index contributed by atoms with van der Waals surface area (Å²) in [4.78, 5) is 11.3. The first kappa shape index (κ1) is 14.7. The minimum Gasteiger partial charge on any atom is -0.492 e. The van der Waals surface area contributed by atoms with Crippen LogP contribution >= 0.6 is 0 Å². The molecule has 0 saturated carbocycles. The molecule has 2 aromatic rings. The van der Waals surface area contributed by atoms with Crippen LogP contribution in [0.4, 0.5) is 0 Å². The first-order chi connectivity index (χ1) is 10.5. The molecule has 0 saturated heterocycles. The maximum absolute atomic E-state index is 11.3.